The fraction of sp³-hybridized carbons (Fsp3) is 0.364. The molecule has 0 radical (unpaired) electrons. The Kier molecular flexibility index (Phi) is 4.38. The van der Waals surface area contributed by atoms with Crippen LogP contribution in [0.3, 0.4) is 0 Å². The van der Waals surface area contributed by atoms with Crippen molar-refractivity contribution in [2.45, 2.75) is 25.5 Å². The predicted molar refractivity (Wildman–Crippen MR) is 69.6 cm³/mol. The van der Waals surface area contributed by atoms with Crippen molar-refractivity contribution in [3.63, 3.8) is 0 Å². The second-order valence-electron chi connectivity index (χ2n) is 4.26. The van der Waals surface area contributed by atoms with Crippen LogP contribution in [0.15, 0.2) is 27.1 Å². The number of halogens is 2. The van der Waals surface area contributed by atoms with Crippen molar-refractivity contribution in [3.05, 3.63) is 34.1 Å². The molecule has 0 saturated carbocycles. The van der Waals surface area contributed by atoms with Gasteiger partial charge in [0.25, 0.3) is 0 Å². The molecule has 1 aromatic rings. The van der Waals surface area contributed by atoms with E-state index in [2.05, 4.69) is 20.3 Å². The van der Waals surface area contributed by atoms with Crippen LogP contribution < -0.4 is 0 Å². The van der Waals surface area contributed by atoms with Crippen molar-refractivity contribution in [3.8, 4) is 0 Å². The highest BCUT2D eigenvalue weighted by Crippen LogP contribution is 2.15. The second-order valence-corrected chi connectivity index (χ2v) is 7.11. The number of rotatable bonds is 2. The lowest BCUT2D eigenvalue weighted by atomic mass is 10.2. The Bertz CT molecular complexity index is 440. The third kappa shape index (κ3) is 3.79. The zero-order chi connectivity index (χ0) is 12.3. The maximum absolute atomic E-state index is 13.4. The summed E-state index contributed by atoms with van der Waals surface area (Å²) in [7, 11) is -1.36. The van der Waals surface area contributed by atoms with Crippen molar-refractivity contribution in [1.29, 1.82) is 0 Å². The highest BCUT2D eigenvalue weighted by atomic mass is 79.9. The van der Waals surface area contributed by atoms with E-state index in [9.17, 15) is 8.60 Å². The van der Waals surface area contributed by atoms with Crippen LogP contribution in [-0.4, -0.2) is 15.2 Å². The molecule has 0 amide bonds. The van der Waals surface area contributed by atoms with E-state index in [1.165, 1.54) is 12.3 Å². The number of hydrogen-bond donors (Lipinski definition) is 0. The van der Waals surface area contributed by atoms with E-state index in [1.807, 2.05) is 20.8 Å². The quantitative estimate of drug-likeness (QED) is 0.769. The highest BCUT2D eigenvalue weighted by molar-refractivity contribution is 9.10. The summed E-state index contributed by atoms with van der Waals surface area (Å²) in [5, 5.41) is 0. The van der Waals surface area contributed by atoms with E-state index >= 15 is 0 Å². The highest BCUT2D eigenvalue weighted by Gasteiger charge is 2.18. The molecule has 1 unspecified atom stereocenters. The molecule has 0 heterocycles. The van der Waals surface area contributed by atoms with Gasteiger partial charge >= 0.3 is 0 Å². The molecule has 16 heavy (non-hydrogen) atoms. The van der Waals surface area contributed by atoms with E-state index in [-0.39, 0.29) is 5.82 Å². The largest absolute Gasteiger partial charge is 0.234 e. The topological polar surface area (TPSA) is 29.4 Å². The lowest BCUT2D eigenvalue weighted by Crippen LogP contribution is -2.19. The summed E-state index contributed by atoms with van der Waals surface area (Å²) in [5.41, 5.74) is 0.334. The molecule has 0 fully saturated rings. The Hall–Kier alpha value is -0.550. The van der Waals surface area contributed by atoms with Gasteiger partial charge in [0, 0.05) is 16.3 Å². The van der Waals surface area contributed by atoms with Gasteiger partial charge in [0.1, 0.15) is 16.8 Å². The molecule has 0 aliphatic rings. The third-order valence-electron chi connectivity index (χ3n) is 1.77. The van der Waals surface area contributed by atoms with Gasteiger partial charge in [0.2, 0.25) is 0 Å². The van der Waals surface area contributed by atoms with Gasteiger partial charge in [0.15, 0.2) is 0 Å². The zero-order valence-electron chi connectivity index (χ0n) is 9.33. The summed E-state index contributed by atoms with van der Waals surface area (Å²) < 4.78 is 29.1. The molecule has 1 aromatic carbocycles. The Balaban J connectivity index is 2.89. The fourth-order valence-electron chi connectivity index (χ4n) is 0.869. The van der Waals surface area contributed by atoms with Crippen LogP contribution in [0.4, 0.5) is 4.39 Å². The van der Waals surface area contributed by atoms with Gasteiger partial charge in [0.05, 0.1) is 4.75 Å². The molecule has 5 heteroatoms. The van der Waals surface area contributed by atoms with Gasteiger partial charge in [-0.15, -0.1) is 0 Å². The van der Waals surface area contributed by atoms with Crippen LogP contribution >= 0.6 is 15.9 Å². The molecule has 0 N–H and O–H groups in total. The smallest absolute Gasteiger partial charge is 0.144 e. The average molecular weight is 306 g/mol. The molecule has 2 nitrogen and oxygen atoms in total. The summed E-state index contributed by atoms with van der Waals surface area (Å²) in [6, 6.07) is 4.65. The summed E-state index contributed by atoms with van der Waals surface area (Å²) >= 11 is 3.16. The van der Waals surface area contributed by atoms with Crippen LogP contribution in [-0.2, 0) is 11.0 Å². The Morgan fingerprint density at radius 3 is 2.56 bits per heavy atom. The van der Waals surface area contributed by atoms with Crippen molar-refractivity contribution < 1.29 is 8.60 Å². The normalized spacial score (nSPS) is 14.3. The van der Waals surface area contributed by atoms with Crippen molar-refractivity contribution >= 4 is 33.1 Å². The van der Waals surface area contributed by atoms with Crippen LogP contribution in [0.5, 0.6) is 0 Å². The standard InChI is InChI=1S/C11H13BrFNOS/c1-11(2,3)16(15)14-7-8-4-5-9(12)6-10(8)13/h4-7H,1-3H3. The van der Waals surface area contributed by atoms with Gasteiger partial charge in [-0.05, 0) is 39.0 Å². The van der Waals surface area contributed by atoms with Gasteiger partial charge in [-0.25, -0.2) is 8.60 Å². The SMILES string of the molecule is CC(C)(C)S(=O)N=Cc1ccc(Br)cc1F. The number of nitrogens with zero attached hydrogens (tertiary/aromatic N) is 1. The Morgan fingerprint density at radius 2 is 2.06 bits per heavy atom. The third-order valence-corrected chi connectivity index (χ3v) is 3.61. The van der Waals surface area contributed by atoms with Crippen LogP contribution in [0.25, 0.3) is 0 Å². The molecule has 0 aliphatic heterocycles. The Labute approximate surface area is 106 Å². The van der Waals surface area contributed by atoms with E-state index in [0.717, 1.165) is 0 Å². The zero-order valence-corrected chi connectivity index (χ0v) is 11.7. The summed E-state index contributed by atoms with van der Waals surface area (Å²) in [6.07, 6.45) is 1.31. The van der Waals surface area contributed by atoms with Crippen LogP contribution in [0.1, 0.15) is 26.3 Å². The van der Waals surface area contributed by atoms with Crippen molar-refractivity contribution in [1.82, 2.24) is 0 Å². The number of hydrogen-bond acceptors (Lipinski definition) is 1. The van der Waals surface area contributed by atoms with E-state index in [1.54, 1.807) is 12.1 Å². The molecule has 0 spiro atoms. The molecule has 1 atom stereocenters. The summed E-state index contributed by atoms with van der Waals surface area (Å²) in [4.78, 5) is 0. The molecule has 0 aromatic heterocycles. The van der Waals surface area contributed by atoms with E-state index < -0.39 is 15.7 Å². The predicted octanol–water partition coefficient (Wildman–Crippen LogP) is 3.47. The van der Waals surface area contributed by atoms with E-state index in [4.69, 9.17) is 0 Å². The van der Waals surface area contributed by atoms with Gasteiger partial charge in [-0.3, -0.25) is 0 Å². The van der Waals surface area contributed by atoms with Gasteiger partial charge < -0.3 is 0 Å². The van der Waals surface area contributed by atoms with Gasteiger partial charge in [-0.2, -0.15) is 4.40 Å². The molecule has 1 rings (SSSR count). The lowest BCUT2D eigenvalue weighted by Gasteiger charge is -2.12. The second kappa shape index (κ2) is 5.19. The minimum absolute atomic E-state index is 0.334. The van der Waals surface area contributed by atoms with Crippen LogP contribution in [0.2, 0.25) is 0 Å². The first kappa shape index (κ1) is 13.5. The molecule has 0 saturated heterocycles. The van der Waals surface area contributed by atoms with Crippen molar-refractivity contribution in [2.24, 2.45) is 4.40 Å². The first-order valence-electron chi connectivity index (χ1n) is 4.72. The van der Waals surface area contributed by atoms with Gasteiger partial charge in [-0.1, -0.05) is 15.9 Å². The molecular formula is C11H13BrFNOS. The molecule has 0 aliphatic carbocycles. The first-order chi connectivity index (χ1) is 7.30. The van der Waals surface area contributed by atoms with E-state index in [0.29, 0.717) is 10.0 Å². The summed E-state index contributed by atoms with van der Waals surface area (Å²) in [6.45, 7) is 5.45. The monoisotopic (exact) mass is 305 g/mol. The Morgan fingerprint density at radius 1 is 1.44 bits per heavy atom. The minimum Gasteiger partial charge on any atom is -0.234 e. The molecular weight excluding hydrogens is 293 g/mol. The molecule has 88 valence electrons. The van der Waals surface area contributed by atoms with Crippen LogP contribution in [0, 0.1) is 5.82 Å². The number of benzene rings is 1. The maximum atomic E-state index is 13.4. The lowest BCUT2D eigenvalue weighted by molar-refractivity contribution is 0.625. The first-order valence-corrected chi connectivity index (χ1v) is 6.62. The molecule has 0 bridgehead atoms. The maximum Gasteiger partial charge on any atom is 0.144 e. The summed E-state index contributed by atoms with van der Waals surface area (Å²) in [5.74, 6) is -0.385. The minimum atomic E-state index is -1.36. The average Bonchev–Trinajstić information content (AvgIpc) is 2.14. The van der Waals surface area contributed by atoms with Crippen molar-refractivity contribution in [2.75, 3.05) is 0 Å². The fourth-order valence-corrected chi connectivity index (χ4v) is 1.73.